The van der Waals surface area contributed by atoms with Gasteiger partial charge in [-0.1, -0.05) is 18.5 Å². The second kappa shape index (κ2) is 7.04. The van der Waals surface area contributed by atoms with Gasteiger partial charge in [-0.05, 0) is 31.9 Å². The van der Waals surface area contributed by atoms with Crippen molar-refractivity contribution in [2.45, 2.75) is 32.2 Å². The van der Waals surface area contributed by atoms with E-state index in [9.17, 15) is 14.5 Å². The second-order valence-corrected chi connectivity index (χ2v) is 5.66. The second-order valence-electron chi connectivity index (χ2n) is 5.25. The fraction of sp³-hybridized carbons (Fsp3) is 0.571. The van der Waals surface area contributed by atoms with Gasteiger partial charge in [0.1, 0.15) is 11.5 Å². The number of nitro groups is 1. The first-order valence-corrected chi connectivity index (χ1v) is 7.52. The van der Waals surface area contributed by atoms with E-state index in [0.29, 0.717) is 24.8 Å². The van der Waals surface area contributed by atoms with E-state index in [1.54, 1.807) is 0 Å². The summed E-state index contributed by atoms with van der Waals surface area (Å²) in [5.74, 6) is -0.762. The van der Waals surface area contributed by atoms with E-state index in [1.807, 2.05) is 11.8 Å². The number of hydrogen-bond acceptors (Lipinski definition) is 4. The Balaban J connectivity index is 2.33. The molecule has 0 saturated carbocycles. The summed E-state index contributed by atoms with van der Waals surface area (Å²) in [5, 5.41) is 14.5. The Bertz CT molecular complexity index is 521. The minimum atomic E-state index is -0.762. The largest absolute Gasteiger partial charge is 0.364 e. The Hall–Kier alpha value is -1.40. The molecule has 1 aromatic carbocycles. The molecule has 116 valence electrons. The molecule has 0 aliphatic carbocycles. The van der Waals surface area contributed by atoms with Crippen LogP contribution in [0.5, 0.6) is 0 Å². The van der Waals surface area contributed by atoms with Crippen LogP contribution in [-0.2, 0) is 0 Å². The number of hydrogen-bond donors (Lipinski definition) is 1. The van der Waals surface area contributed by atoms with Gasteiger partial charge in [-0.2, -0.15) is 0 Å². The molecule has 21 heavy (non-hydrogen) atoms. The van der Waals surface area contributed by atoms with Crippen LogP contribution in [0, 0.1) is 15.9 Å². The van der Waals surface area contributed by atoms with Gasteiger partial charge in [0.2, 0.25) is 0 Å². The summed E-state index contributed by atoms with van der Waals surface area (Å²) in [6.07, 6.45) is 3.00. The highest BCUT2D eigenvalue weighted by Gasteiger charge is 2.25. The summed E-state index contributed by atoms with van der Waals surface area (Å²) in [6.45, 7) is 4.31. The molecule has 1 aliphatic heterocycles. The lowest BCUT2D eigenvalue weighted by Gasteiger charge is -2.27. The third kappa shape index (κ3) is 3.83. The van der Waals surface area contributed by atoms with Crippen molar-refractivity contribution in [1.82, 2.24) is 5.32 Å². The van der Waals surface area contributed by atoms with Crippen LogP contribution in [-0.4, -0.2) is 30.6 Å². The zero-order valence-corrected chi connectivity index (χ0v) is 12.7. The minimum absolute atomic E-state index is 0.0870. The molecule has 1 atom stereocenters. The average Bonchev–Trinajstić information content (AvgIpc) is 2.93. The van der Waals surface area contributed by atoms with Crippen molar-refractivity contribution in [3.8, 4) is 0 Å². The number of nitrogens with zero attached hydrogens (tertiary/aromatic N) is 2. The van der Waals surface area contributed by atoms with Gasteiger partial charge in [-0.3, -0.25) is 10.1 Å². The fourth-order valence-electron chi connectivity index (χ4n) is 2.68. The molecule has 7 heteroatoms. The quantitative estimate of drug-likeness (QED) is 0.646. The molecular formula is C14H19ClFN3O2. The fourth-order valence-corrected chi connectivity index (χ4v) is 2.84. The van der Waals surface area contributed by atoms with Crippen molar-refractivity contribution >= 4 is 23.0 Å². The van der Waals surface area contributed by atoms with Crippen LogP contribution in [0.1, 0.15) is 26.2 Å². The van der Waals surface area contributed by atoms with Crippen LogP contribution in [0.15, 0.2) is 12.1 Å². The number of halogens is 2. The molecule has 0 amide bonds. The van der Waals surface area contributed by atoms with E-state index >= 15 is 0 Å². The molecule has 5 nitrogen and oxygen atoms in total. The predicted octanol–water partition coefficient (Wildman–Crippen LogP) is 3.36. The van der Waals surface area contributed by atoms with E-state index in [1.165, 1.54) is 6.07 Å². The maximum absolute atomic E-state index is 13.5. The molecule has 1 fully saturated rings. The first-order valence-electron chi connectivity index (χ1n) is 7.14. The number of nitrogens with one attached hydrogen (secondary N) is 1. The van der Waals surface area contributed by atoms with E-state index in [2.05, 4.69) is 5.32 Å². The Morgan fingerprint density at radius 1 is 1.57 bits per heavy atom. The maximum Gasteiger partial charge on any atom is 0.295 e. The van der Waals surface area contributed by atoms with Gasteiger partial charge >= 0.3 is 0 Å². The standard InChI is InChI=1S/C14H19ClFN3O2/c1-2-6-18(9-10-4-3-5-17-10)13-7-11(15)12(16)8-14(13)19(20)21/h7-8,10,17H,2-6,9H2,1H3. The highest BCUT2D eigenvalue weighted by Crippen LogP contribution is 2.33. The summed E-state index contributed by atoms with van der Waals surface area (Å²) in [4.78, 5) is 12.6. The van der Waals surface area contributed by atoms with Crippen LogP contribution in [0.4, 0.5) is 15.8 Å². The van der Waals surface area contributed by atoms with Gasteiger partial charge in [0, 0.05) is 19.1 Å². The van der Waals surface area contributed by atoms with Gasteiger partial charge in [0.25, 0.3) is 5.69 Å². The van der Waals surface area contributed by atoms with Crippen LogP contribution < -0.4 is 10.2 Å². The lowest BCUT2D eigenvalue weighted by molar-refractivity contribution is -0.384. The summed E-state index contributed by atoms with van der Waals surface area (Å²) in [7, 11) is 0. The first kappa shape index (κ1) is 16.0. The number of benzene rings is 1. The van der Waals surface area contributed by atoms with Crippen molar-refractivity contribution < 1.29 is 9.31 Å². The smallest absolute Gasteiger partial charge is 0.295 e. The van der Waals surface area contributed by atoms with Crippen molar-refractivity contribution in [3.63, 3.8) is 0 Å². The number of rotatable bonds is 6. The van der Waals surface area contributed by atoms with Gasteiger partial charge < -0.3 is 10.2 Å². The molecule has 2 rings (SSSR count). The van der Waals surface area contributed by atoms with Crippen molar-refractivity contribution in [2.75, 3.05) is 24.5 Å². The van der Waals surface area contributed by atoms with Crippen molar-refractivity contribution in [2.24, 2.45) is 0 Å². The van der Waals surface area contributed by atoms with Crippen LogP contribution >= 0.6 is 11.6 Å². The average molecular weight is 316 g/mol. The molecule has 0 bridgehead atoms. The molecule has 1 aliphatic rings. The predicted molar refractivity (Wildman–Crippen MR) is 81.6 cm³/mol. The maximum atomic E-state index is 13.5. The topological polar surface area (TPSA) is 58.4 Å². The normalized spacial score (nSPS) is 18.0. The van der Waals surface area contributed by atoms with Gasteiger partial charge in [0.05, 0.1) is 16.0 Å². The van der Waals surface area contributed by atoms with Crippen LogP contribution in [0.25, 0.3) is 0 Å². The van der Waals surface area contributed by atoms with Crippen molar-refractivity contribution in [1.29, 1.82) is 0 Å². The Morgan fingerprint density at radius 3 is 2.90 bits per heavy atom. The van der Waals surface area contributed by atoms with Crippen molar-refractivity contribution in [3.05, 3.63) is 33.1 Å². The van der Waals surface area contributed by atoms with E-state index < -0.39 is 10.7 Å². The molecule has 0 spiro atoms. The lowest BCUT2D eigenvalue weighted by Crippen LogP contribution is -2.38. The highest BCUT2D eigenvalue weighted by atomic mass is 35.5. The Morgan fingerprint density at radius 2 is 2.33 bits per heavy atom. The van der Waals surface area contributed by atoms with Crippen LogP contribution in [0.3, 0.4) is 0 Å². The van der Waals surface area contributed by atoms with E-state index in [-0.39, 0.29) is 10.7 Å². The third-order valence-electron chi connectivity index (χ3n) is 3.65. The molecule has 1 heterocycles. The highest BCUT2D eigenvalue weighted by molar-refractivity contribution is 6.31. The monoisotopic (exact) mass is 315 g/mol. The SMILES string of the molecule is CCCN(CC1CCCN1)c1cc(Cl)c(F)cc1[N+](=O)[O-]. The zero-order valence-electron chi connectivity index (χ0n) is 11.9. The molecule has 1 aromatic rings. The number of anilines is 1. The minimum Gasteiger partial charge on any atom is -0.364 e. The Labute approximate surface area is 128 Å². The molecule has 1 N–H and O–H groups in total. The molecular weight excluding hydrogens is 297 g/mol. The first-order chi connectivity index (χ1) is 10.0. The third-order valence-corrected chi connectivity index (χ3v) is 3.94. The summed E-state index contributed by atoms with van der Waals surface area (Å²) < 4.78 is 13.5. The van der Waals surface area contributed by atoms with Gasteiger partial charge in [0.15, 0.2) is 0 Å². The van der Waals surface area contributed by atoms with Gasteiger partial charge in [-0.25, -0.2) is 4.39 Å². The molecule has 0 aromatic heterocycles. The van der Waals surface area contributed by atoms with Crippen LogP contribution in [0.2, 0.25) is 5.02 Å². The van der Waals surface area contributed by atoms with E-state index in [4.69, 9.17) is 11.6 Å². The summed E-state index contributed by atoms with van der Waals surface area (Å²) in [6, 6.07) is 2.57. The summed E-state index contributed by atoms with van der Waals surface area (Å²) in [5.41, 5.74) is 0.158. The lowest BCUT2D eigenvalue weighted by atomic mass is 10.1. The Kier molecular flexibility index (Phi) is 5.36. The summed E-state index contributed by atoms with van der Waals surface area (Å²) >= 11 is 5.81. The van der Waals surface area contributed by atoms with Gasteiger partial charge in [-0.15, -0.1) is 0 Å². The molecule has 1 unspecified atom stereocenters. The molecule has 0 radical (unpaired) electrons. The number of nitro benzene ring substituents is 1. The molecule has 1 saturated heterocycles. The van der Waals surface area contributed by atoms with E-state index in [0.717, 1.165) is 31.9 Å². The zero-order chi connectivity index (χ0) is 15.4.